The lowest BCUT2D eigenvalue weighted by Gasteiger charge is -2.35. The van der Waals surface area contributed by atoms with E-state index >= 15 is 0 Å². The Bertz CT molecular complexity index is 438. The number of hydrogen-bond acceptors (Lipinski definition) is 3. The Balaban J connectivity index is 1.83. The molecule has 0 aliphatic heterocycles. The van der Waals surface area contributed by atoms with Crippen LogP contribution in [-0.4, -0.2) is 24.2 Å². The number of hydrogen-bond donors (Lipinski definition) is 3. The molecule has 1 saturated carbocycles. The van der Waals surface area contributed by atoms with Crippen LogP contribution in [0.3, 0.4) is 0 Å². The predicted octanol–water partition coefficient (Wildman–Crippen LogP) is 2.58. The number of nitrogens with one attached hydrogen (secondary N) is 1. The van der Waals surface area contributed by atoms with Gasteiger partial charge in [-0.05, 0) is 30.5 Å². The second-order valence-electron chi connectivity index (χ2n) is 5.84. The first-order valence-electron chi connectivity index (χ1n) is 7.29. The molecule has 0 bridgehead atoms. The van der Waals surface area contributed by atoms with Crippen LogP contribution in [0.2, 0.25) is 0 Å². The van der Waals surface area contributed by atoms with E-state index in [4.69, 9.17) is 0 Å². The molecule has 1 aliphatic rings. The molecule has 0 atom stereocenters. The number of carbonyl (C=O) groups excluding carboxylic acids is 1. The molecule has 0 radical (unpaired) electrons. The molecule has 110 valence electrons. The minimum atomic E-state index is -0.0944. The summed E-state index contributed by atoms with van der Waals surface area (Å²) in [5.74, 6) is 0.0234. The van der Waals surface area contributed by atoms with Crippen molar-refractivity contribution in [1.29, 1.82) is 0 Å². The Morgan fingerprint density at radius 3 is 2.45 bits per heavy atom. The highest BCUT2D eigenvalue weighted by atomic mass is 32.1. The first-order valence-corrected chi connectivity index (χ1v) is 7.74. The fourth-order valence-electron chi connectivity index (χ4n) is 2.84. The van der Waals surface area contributed by atoms with Crippen LogP contribution in [-0.2, 0) is 11.2 Å². The van der Waals surface area contributed by atoms with Crippen molar-refractivity contribution >= 4 is 18.5 Å². The van der Waals surface area contributed by atoms with Gasteiger partial charge >= 0.3 is 0 Å². The van der Waals surface area contributed by atoms with Crippen molar-refractivity contribution in [1.82, 2.24) is 5.32 Å². The van der Waals surface area contributed by atoms with Crippen LogP contribution in [0.15, 0.2) is 29.2 Å². The third-order valence-electron chi connectivity index (χ3n) is 4.21. The van der Waals surface area contributed by atoms with Crippen LogP contribution in [0, 0.1) is 5.41 Å². The molecule has 0 spiro atoms. The molecule has 4 heteroatoms. The van der Waals surface area contributed by atoms with Crippen LogP contribution in [0.5, 0.6) is 0 Å². The predicted molar refractivity (Wildman–Crippen MR) is 83.0 cm³/mol. The fraction of sp³-hybridized carbons (Fsp3) is 0.562. The summed E-state index contributed by atoms with van der Waals surface area (Å²) in [7, 11) is 0. The smallest absolute Gasteiger partial charge is 0.224 e. The Kier molecular flexibility index (Phi) is 5.49. The van der Waals surface area contributed by atoms with Gasteiger partial charge in [0.25, 0.3) is 0 Å². The van der Waals surface area contributed by atoms with Crippen molar-refractivity contribution in [2.75, 3.05) is 13.2 Å². The molecule has 0 aromatic heterocycles. The molecule has 2 rings (SSSR count). The molecule has 1 fully saturated rings. The van der Waals surface area contributed by atoms with Crippen LogP contribution < -0.4 is 5.32 Å². The summed E-state index contributed by atoms with van der Waals surface area (Å²) in [6.07, 6.45) is 5.96. The number of rotatable bonds is 5. The van der Waals surface area contributed by atoms with Crippen molar-refractivity contribution in [2.24, 2.45) is 5.41 Å². The van der Waals surface area contributed by atoms with Crippen molar-refractivity contribution in [2.45, 2.75) is 43.4 Å². The van der Waals surface area contributed by atoms with Crippen LogP contribution >= 0.6 is 12.6 Å². The highest BCUT2D eigenvalue weighted by Gasteiger charge is 2.31. The number of amides is 1. The normalized spacial score (nSPS) is 17.7. The van der Waals surface area contributed by atoms with E-state index in [2.05, 4.69) is 17.9 Å². The van der Waals surface area contributed by atoms with Gasteiger partial charge in [0.15, 0.2) is 0 Å². The van der Waals surface area contributed by atoms with Crippen LogP contribution in [0.25, 0.3) is 0 Å². The third-order valence-corrected chi connectivity index (χ3v) is 4.51. The van der Waals surface area contributed by atoms with Crippen LogP contribution in [0.4, 0.5) is 0 Å². The highest BCUT2D eigenvalue weighted by molar-refractivity contribution is 7.80. The Hall–Kier alpha value is -1.00. The minimum Gasteiger partial charge on any atom is -0.396 e. The van der Waals surface area contributed by atoms with Crippen molar-refractivity contribution in [3.8, 4) is 0 Å². The molecule has 0 heterocycles. The van der Waals surface area contributed by atoms with E-state index in [1.165, 1.54) is 6.42 Å². The monoisotopic (exact) mass is 293 g/mol. The van der Waals surface area contributed by atoms with Crippen molar-refractivity contribution in [3.63, 3.8) is 0 Å². The second-order valence-corrected chi connectivity index (χ2v) is 6.36. The lowest BCUT2D eigenvalue weighted by molar-refractivity contribution is -0.121. The Morgan fingerprint density at radius 2 is 1.85 bits per heavy atom. The van der Waals surface area contributed by atoms with E-state index in [1.54, 1.807) is 0 Å². The van der Waals surface area contributed by atoms with Crippen molar-refractivity contribution < 1.29 is 9.90 Å². The lowest BCUT2D eigenvalue weighted by atomic mass is 9.74. The maximum Gasteiger partial charge on any atom is 0.224 e. The Morgan fingerprint density at radius 1 is 1.20 bits per heavy atom. The summed E-state index contributed by atoms with van der Waals surface area (Å²) in [6.45, 7) is 0.759. The molecule has 1 aromatic rings. The van der Waals surface area contributed by atoms with Gasteiger partial charge in [-0.3, -0.25) is 4.79 Å². The van der Waals surface area contributed by atoms with E-state index in [-0.39, 0.29) is 17.9 Å². The summed E-state index contributed by atoms with van der Waals surface area (Å²) < 4.78 is 0. The topological polar surface area (TPSA) is 49.3 Å². The van der Waals surface area contributed by atoms with Gasteiger partial charge in [-0.25, -0.2) is 0 Å². The quantitative estimate of drug-likeness (QED) is 0.731. The third kappa shape index (κ3) is 4.25. The van der Waals surface area contributed by atoms with Gasteiger partial charge in [0.05, 0.1) is 13.0 Å². The standard InChI is InChI=1S/C16H23NO2S/c18-12-16(8-2-1-3-9-16)11-17-15(19)10-13-4-6-14(20)7-5-13/h4-7,18,20H,1-3,8-12H2,(H,17,19). The van der Waals surface area contributed by atoms with E-state index < -0.39 is 0 Å². The number of carbonyl (C=O) groups is 1. The summed E-state index contributed by atoms with van der Waals surface area (Å²) in [5.41, 5.74) is 0.894. The summed E-state index contributed by atoms with van der Waals surface area (Å²) in [5, 5.41) is 12.6. The first-order chi connectivity index (χ1) is 9.63. The minimum absolute atomic E-state index is 0.0234. The van der Waals surface area contributed by atoms with E-state index in [9.17, 15) is 9.90 Å². The number of thiol groups is 1. The van der Waals surface area contributed by atoms with E-state index in [1.807, 2.05) is 24.3 Å². The molecule has 1 amide bonds. The van der Waals surface area contributed by atoms with Gasteiger partial charge in [-0.15, -0.1) is 12.6 Å². The molecule has 0 saturated heterocycles. The average Bonchev–Trinajstić information content (AvgIpc) is 2.49. The van der Waals surface area contributed by atoms with Gasteiger partial charge < -0.3 is 10.4 Å². The summed E-state index contributed by atoms with van der Waals surface area (Å²) >= 11 is 4.23. The summed E-state index contributed by atoms with van der Waals surface area (Å²) in [6, 6.07) is 7.62. The van der Waals surface area contributed by atoms with Gasteiger partial charge in [0, 0.05) is 16.9 Å². The molecule has 0 unspecified atom stereocenters. The van der Waals surface area contributed by atoms with E-state index in [0.29, 0.717) is 13.0 Å². The van der Waals surface area contributed by atoms with Gasteiger partial charge in [0.2, 0.25) is 5.91 Å². The SMILES string of the molecule is O=C(Cc1ccc(S)cc1)NCC1(CO)CCCCC1. The van der Waals surface area contributed by atoms with Gasteiger partial charge in [-0.2, -0.15) is 0 Å². The number of benzene rings is 1. The maximum absolute atomic E-state index is 12.0. The maximum atomic E-state index is 12.0. The lowest BCUT2D eigenvalue weighted by Crippen LogP contribution is -2.41. The molecule has 1 aliphatic carbocycles. The zero-order valence-corrected chi connectivity index (χ0v) is 12.7. The molecule has 20 heavy (non-hydrogen) atoms. The summed E-state index contributed by atoms with van der Waals surface area (Å²) in [4.78, 5) is 12.9. The molecular formula is C16H23NO2S. The first kappa shape index (κ1) is 15.4. The average molecular weight is 293 g/mol. The zero-order chi connectivity index (χ0) is 14.4. The molecule has 1 aromatic carbocycles. The Labute approximate surface area is 126 Å². The number of aliphatic hydroxyl groups is 1. The fourth-order valence-corrected chi connectivity index (χ4v) is 2.99. The zero-order valence-electron chi connectivity index (χ0n) is 11.8. The second kappa shape index (κ2) is 7.14. The molecule has 3 nitrogen and oxygen atoms in total. The largest absolute Gasteiger partial charge is 0.396 e. The van der Waals surface area contributed by atoms with Gasteiger partial charge in [0.1, 0.15) is 0 Å². The number of aliphatic hydroxyl groups excluding tert-OH is 1. The van der Waals surface area contributed by atoms with E-state index in [0.717, 1.165) is 36.1 Å². The molecule has 2 N–H and O–H groups in total. The molecular weight excluding hydrogens is 270 g/mol. The van der Waals surface area contributed by atoms with Crippen molar-refractivity contribution in [3.05, 3.63) is 29.8 Å². The highest BCUT2D eigenvalue weighted by Crippen LogP contribution is 2.35. The van der Waals surface area contributed by atoms with Gasteiger partial charge in [-0.1, -0.05) is 31.4 Å². The van der Waals surface area contributed by atoms with Crippen LogP contribution in [0.1, 0.15) is 37.7 Å².